The quantitative estimate of drug-likeness (QED) is 0.605. The third-order valence-electron chi connectivity index (χ3n) is 4.30. The Morgan fingerprint density at radius 3 is 2.95 bits per heavy atom. The molecule has 5 amide bonds. The maximum absolute atomic E-state index is 12.0. The Bertz CT molecular complexity index is 586. The van der Waals surface area contributed by atoms with E-state index in [4.69, 9.17) is 4.42 Å². The average molecular weight is 306 g/mol. The van der Waals surface area contributed by atoms with Crippen LogP contribution in [0.25, 0.3) is 0 Å². The van der Waals surface area contributed by atoms with Crippen molar-refractivity contribution in [3.8, 4) is 0 Å². The molecule has 1 saturated carbocycles. The van der Waals surface area contributed by atoms with Crippen LogP contribution in [0.3, 0.4) is 0 Å². The van der Waals surface area contributed by atoms with Gasteiger partial charge in [0.2, 0.25) is 0 Å². The van der Waals surface area contributed by atoms with Crippen molar-refractivity contribution < 1.29 is 18.8 Å². The largest absolute Gasteiger partial charge is 0.467 e. The van der Waals surface area contributed by atoms with E-state index >= 15 is 0 Å². The highest BCUT2D eigenvalue weighted by Gasteiger charge is 2.54. The molecule has 1 saturated heterocycles. The molecule has 2 heterocycles. The number of amides is 5. The molecule has 3 rings (SSSR count). The predicted molar refractivity (Wildman–Crippen MR) is 75.7 cm³/mol. The Balaban J connectivity index is 1.51. The maximum atomic E-state index is 12.0. The highest BCUT2D eigenvalue weighted by Crippen LogP contribution is 2.37. The van der Waals surface area contributed by atoms with Gasteiger partial charge in [-0.25, -0.2) is 9.59 Å². The van der Waals surface area contributed by atoms with Crippen LogP contribution in [0.15, 0.2) is 22.8 Å². The van der Waals surface area contributed by atoms with Gasteiger partial charge in [-0.2, -0.15) is 0 Å². The van der Waals surface area contributed by atoms with Crippen molar-refractivity contribution in [3.63, 3.8) is 0 Å². The minimum Gasteiger partial charge on any atom is -0.467 e. The summed E-state index contributed by atoms with van der Waals surface area (Å²) in [5.41, 5.74) is -0.870. The van der Waals surface area contributed by atoms with E-state index in [-0.39, 0.29) is 17.9 Å². The van der Waals surface area contributed by atoms with E-state index in [0.717, 1.165) is 12.8 Å². The van der Waals surface area contributed by atoms with E-state index in [0.29, 0.717) is 25.3 Å². The second-order valence-electron chi connectivity index (χ2n) is 5.61. The molecule has 4 N–H and O–H groups in total. The molecule has 0 unspecified atom stereocenters. The summed E-state index contributed by atoms with van der Waals surface area (Å²) in [4.78, 5) is 35.2. The summed E-state index contributed by atoms with van der Waals surface area (Å²) < 4.78 is 5.12. The molecule has 2 atom stereocenters. The molecule has 0 bridgehead atoms. The second kappa shape index (κ2) is 5.70. The molecule has 1 spiro atoms. The van der Waals surface area contributed by atoms with E-state index in [1.165, 1.54) is 0 Å². The Hall–Kier alpha value is -2.51. The Morgan fingerprint density at radius 1 is 1.41 bits per heavy atom. The summed E-state index contributed by atoms with van der Waals surface area (Å²) in [6.45, 7) is 0.629. The van der Waals surface area contributed by atoms with Crippen LogP contribution in [0.5, 0.6) is 0 Å². The van der Waals surface area contributed by atoms with Gasteiger partial charge in [0.15, 0.2) is 0 Å². The number of nitrogens with one attached hydrogen (secondary N) is 4. The van der Waals surface area contributed by atoms with Gasteiger partial charge in [-0.1, -0.05) is 6.42 Å². The van der Waals surface area contributed by atoms with E-state index in [1.807, 2.05) is 0 Å². The SMILES string of the molecule is O=C(NCc1ccco1)NC[C@H]1CCC[C@@]12NC(=O)NC2=O. The van der Waals surface area contributed by atoms with Crippen LogP contribution < -0.4 is 21.3 Å². The lowest BCUT2D eigenvalue weighted by Crippen LogP contribution is -2.53. The zero-order valence-electron chi connectivity index (χ0n) is 12.0. The van der Waals surface area contributed by atoms with Crippen LogP contribution in [0, 0.1) is 5.92 Å². The van der Waals surface area contributed by atoms with Gasteiger partial charge in [0, 0.05) is 12.5 Å². The Morgan fingerprint density at radius 2 is 2.27 bits per heavy atom. The van der Waals surface area contributed by atoms with Gasteiger partial charge in [0.1, 0.15) is 11.3 Å². The summed E-state index contributed by atoms with van der Waals surface area (Å²) in [6.07, 6.45) is 3.77. The molecule has 1 aromatic rings. The monoisotopic (exact) mass is 306 g/mol. The summed E-state index contributed by atoms with van der Waals surface area (Å²) in [5, 5.41) is 10.4. The number of imide groups is 1. The first kappa shape index (κ1) is 14.4. The van der Waals surface area contributed by atoms with Gasteiger partial charge in [0.05, 0.1) is 12.8 Å². The van der Waals surface area contributed by atoms with Crippen LogP contribution in [0.4, 0.5) is 9.59 Å². The lowest BCUT2D eigenvalue weighted by molar-refractivity contribution is -0.125. The minimum atomic E-state index is -0.870. The highest BCUT2D eigenvalue weighted by atomic mass is 16.3. The number of carbonyl (C=O) groups is 3. The van der Waals surface area contributed by atoms with Crippen molar-refractivity contribution in [1.82, 2.24) is 21.3 Å². The first-order valence-electron chi connectivity index (χ1n) is 7.28. The second-order valence-corrected chi connectivity index (χ2v) is 5.61. The van der Waals surface area contributed by atoms with Crippen LogP contribution in [0.2, 0.25) is 0 Å². The smallest absolute Gasteiger partial charge is 0.322 e. The van der Waals surface area contributed by atoms with Crippen LogP contribution in [-0.2, 0) is 11.3 Å². The lowest BCUT2D eigenvalue weighted by Gasteiger charge is -2.28. The van der Waals surface area contributed by atoms with Gasteiger partial charge < -0.3 is 20.4 Å². The normalized spacial score (nSPS) is 26.8. The van der Waals surface area contributed by atoms with E-state index in [2.05, 4.69) is 21.3 Å². The van der Waals surface area contributed by atoms with Crippen molar-refractivity contribution >= 4 is 18.0 Å². The standard InChI is InChI=1S/C14H18N4O4/c19-11-14(18-13(21)17-11)5-1-3-9(14)7-15-12(20)16-8-10-4-2-6-22-10/h2,4,6,9H,1,3,5,7-8H2,(H2,15,16,20)(H2,17,18,19,21)/t9-,14-/m1/s1. The lowest BCUT2D eigenvalue weighted by atomic mass is 9.87. The molecular formula is C14H18N4O4. The van der Waals surface area contributed by atoms with Crippen LogP contribution in [0.1, 0.15) is 25.0 Å². The van der Waals surface area contributed by atoms with E-state index in [1.54, 1.807) is 18.4 Å². The molecule has 1 aliphatic carbocycles. The summed E-state index contributed by atoms with van der Waals surface area (Å²) in [7, 11) is 0. The third-order valence-corrected chi connectivity index (χ3v) is 4.30. The topological polar surface area (TPSA) is 112 Å². The van der Waals surface area contributed by atoms with Gasteiger partial charge in [0.25, 0.3) is 5.91 Å². The fourth-order valence-corrected chi connectivity index (χ4v) is 3.18. The van der Waals surface area contributed by atoms with Gasteiger partial charge in [-0.05, 0) is 25.0 Å². The summed E-state index contributed by atoms with van der Waals surface area (Å²) in [5.74, 6) is 0.265. The maximum Gasteiger partial charge on any atom is 0.322 e. The number of urea groups is 2. The van der Waals surface area contributed by atoms with Crippen molar-refractivity contribution in [3.05, 3.63) is 24.2 Å². The number of furan rings is 1. The fraction of sp³-hybridized carbons (Fsp3) is 0.500. The fourth-order valence-electron chi connectivity index (χ4n) is 3.18. The van der Waals surface area contributed by atoms with Crippen molar-refractivity contribution in [2.75, 3.05) is 6.54 Å². The Kier molecular flexibility index (Phi) is 3.74. The number of carbonyl (C=O) groups excluding carboxylic acids is 3. The first-order chi connectivity index (χ1) is 10.6. The molecule has 2 fully saturated rings. The molecule has 118 valence electrons. The predicted octanol–water partition coefficient (Wildman–Crippen LogP) is 0.457. The number of hydrogen-bond acceptors (Lipinski definition) is 4. The van der Waals surface area contributed by atoms with Crippen LogP contribution in [-0.4, -0.2) is 30.1 Å². The molecule has 0 aromatic carbocycles. The molecule has 1 aliphatic heterocycles. The van der Waals surface area contributed by atoms with Gasteiger partial charge in [-0.3, -0.25) is 10.1 Å². The zero-order valence-corrected chi connectivity index (χ0v) is 12.0. The van der Waals surface area contributed by atoms with Crippen molar-refractivity contribution in [2.45, 2.75) is 31.3 Å². The molecule has 2 aliphatic rings. The third kappa shape index (κ3) is 2.63. The molecule has 8 nitrogen and oxygen atoms in total. The van der Waals surface area contributed by atoms with Crippen molar-refractivity contribution in [1.29, 1.82) is 0 Å². The molecular weight excluding hydrogens is 288 g/mol. The van der Waals surface area contributed by atoms with E-state index in [9.17, 15) is 14.4 Å². The molecule has 22 heavy (non-hydrogen) atoms. The molecule has 0 radical (unpaired) electrons. The molecule has 8 heteroatoms. The van der Waals surface area contributed by atoms with Crippen molar-refractivity contribution in [2.24, 2.45) is 5.92 Å². The summed E-state index contributed by atoms with van der Waals surface area (Å²) >= 11 is 0. The zero-order chi connectivity index (χ0) is 15.6. The minimum absolute atomic E-state index is 0.103. The molecule has 1 aromatic heterocycles. The number of rotatable bonds is 4. The van der Waals surface area contributed by atoms with Crippen LogP contribution >= 0.6 is 0 Å². The van der Waals surface area contributed by atoms with E-state index < -0.39 is 11.6 Å². The first-order valence-corrected chi connectivity index (χ1v) is 7.28. The average Bonchev–Trinajstić information content (AvgIpc) is 3.18. The van der Waals surface area contributed by atoms with Gasteiger partial charge in [-0.15, -0.1) is 0 Å². The summed E-state index contributed by atoms with van der Waals surface area (Å²) in [6, 6.07) is 2.73. The number of hydrogen-bond donors (Lipinski definition) is 4. The highest BCUT2D eigenvalue weighted by molar-refractivity contribution is 6.07. The van der Waals surface area contributed by atoms with Gasteiger partial charge >= 0.3 is 12.1 Å². The Labute approximate surface area is 127 Å².